The smallest absolute Gasteiger partial charge is 0.251 e. The molecule has 6 nitrogen and oxygen atoms in total. The second kappa shape index (κ2) is 10.6. The van der Waals surface area contributed by atoms with Gasteiger partial charge in [0, 0.05) is 38.2 Å². The van der Waals surface area contributed by atoms with E-state index < -0.39 is 0 Å². The van der Waals surface area contributed by atoms with Crippen molar-refractivity contribution in [2.24, 2.45) is 5.73 Å². The van der Waals surface area contributed by atoms with E-state index in [2.05, 4.69) is 26.1 Å². The number of rotatable bonds is 8. The lowest BCUT2D eigenvalue weighted by Crippen LogP contribution is -2.42. The number of ether oxygens (including phenoxy) is 1. The molecule has 1 aliphatic rings. The molecule has 1 aromatic rings. The Morgan fingerprint density at radius 2 is 1.82 bits per heavy atom. The van der Waals surface area contributed by atoms with Crippen LogP contribution in [0, 0.1) is 0 Å². The lowest BCUT2D eigenvalue weighted by Gasteiger charge is -2.32. The Morgan fingerprint density at radius 3 is 2.39 bits per heavy atom. The van der Waals surface area contributed by atoms with Crippen LogP contribution in [-0.4, -0.2) is 55.6 Å². The standard InChI is InChI=1S/C22H35N3O3/c1-22(2,3)18-7-5-17(6-8-18)21(27)24-13-9-20(26)25-14-10-19(11-15-25)28-16-4-12-23/h5-8,19H,4,9-16,23H2,1-3H3,(H,24,27). The molecule has 2 amide bonds. The summed E-state index contributed by atoms with van der Waals surface area (Å²) < 4.78 is 5.77. The highest BCUT2D eigenvalue weighted by Gasteiger charge is 2.23. The van der Waals surface area contributed by atoms with Gasteiger partial charge in [-0.2, -0.15) is 0 Å². The average Bonchev–Trinajstić information content (AvgIpc) is 2.68. The molecule has 1 aromatic carbocycles. The first-order valence-corrected chi connectivity index (χ1v) is 10.3. The molecule has 28 heavy (non-hydrogen) atoms. The normalized spacial score (nSPS) is 15.5. The molecule has 3 N–H and O–H groups in total. The summed E-state index contributed by atoms with van der Waals surface area (Å²) >= 11 is 0. The van der Waals surface area contributed by atoms with Crippen LogP contribution >= 0.6 is 0 Å². The molecule has 1 fully saturated rings. The number of carbonyl (C=O) groups is 2. The van der Waals surface area contributed by atoms with Gasteiger partial charge in [-0.1, -0.05) is 32.9 Å². The average molecular weight is 390 g/mol. The number of benzene rings is 1. The van der Waals surface area contributed by atoms with Gasteiger partial charge in [-0.25, -0.2) is 0 Å². The lowest BCUT2D eigenvalue weighted by molar-refractivity contribution is -0.133. The van der Waals surface area contributed by atoms with Crippen molar-refractivity contribution < 1.29 is 14.3 Å². The van der Waals surface area contributed by atoms with Crippen molar-refractivity contribution >= 4 is 11.8 Å². The van der Waals surface area contributed by atoms with Gasteiger partial charge < -0.3 is 20.7 Å². The van der Waals surface area contributed by atoms with Gasteiger partial charge in [-0.3, -0.25) is 9.59 Å². The Labute approximate surface area is 168 Å². The molecule has 156 valence electrons. The Hall–Kier alpha value is -1.92. The predicted octanol–water partition coefficient (Wildman–Crippen LogP) is 2.46. The predicted molar refractivity (Wildman–Crippen MR) is 111 cm³/mol. The molecular weight excluding hydrogens is 354 g/mol. The van der Waals surface area contributed by atoms with Crippen molar-refractivity contribution in [2.45, 2.75) is 58.0 Å². The van der Waals surface area contributed by atoms with Gasteiger partial charge in [0.15, 0.2) is 0 Å². The molecule has 0 saturated carbocycles. The fourth-order valence-electron chi connectivity index (χ4n) is 3.27. The van der Waals surface area contributed by atoms with E-state index in [0.717, 1.165) is 19.3 Å². The van der Waals surface area contributed by atoms with Crippen LogP contribution in [0.2, 0.25) is 0 Å². The maximum Gasteiger partial charge on any atom is 0.251 e. The van der Waals surface area contributed by atoms with Crippen LogP contribution in [0.4, 0.5) is 0 Å². The second-order valence-electron chi connectivity index (χ2n) is 8.43. The van der Waals surface area contributed by atoms with E-state index >= 15 is 0 Å². The van der Waals surface area contributed by atoms with Crippen LogP contribution in [0.3, 0.4) is 0 Å². The SMILES string of the molecule is CC(C)(C)c1ccc(C(=O)NCCC(=O)N2CCC(OCCCN)CC2)cc1. The van der Waals surface area contributed by atoms with Crippen molar-refractivity contribution in [1.29, 1.82) is 0 Å². The van der Waals surface area contributed by atoms with Gasteiger partial charge in [0.1, 0.15) is 0 Å². The summed E-state index contributed by atoms with van der Waals surface area (Å²) in [5, 5.41) is 2.85. The molecule has 6 heteroatoms. The molecule has 0 aliphatic carbocycles. The Balaban J connectivity index is 1.69. The van der Waals surface area contributed by atoms with E-state index in [1.54, 1.807) is 0 Å². The number of piperidine rings is 1. The molecular formula is C22H35N3O3. The fraction of sp³-hybridized carbons (Fsp3) is 0.636. The third kappa shape index (κ3) is 6.91. The zero-order valence-electron chi connectivity index (χ0n) is 17.5. The number of likely N-dealkylation sites (tertiary alicyclic amines) is 1. The molecule has 0 unspecified atom stereocenters. The first kappa shape index (κ1) is 22.4. The molecule has 1 heterocycles. The van der Waals surface area contributed by atoms with E-state index in [-0.39, 0.29) is 23.3 Å². The summed E-state index contributed by atoms with van der Waals surface area (Å²) in [5.74, 6) is -0.0518. The zero-order valence-corrected chi connectivity index (χ0v) is 17.5. The van der Waals surface area contributed by atoms with Gasteiger partial charge in [0.25, 0.3) is 5.91 Å². The maximum atomic E-state index is 12.4. The molecule has 1 saturated heterocycles. The van der Waals surface area contributed by atoms with Crippen molar-refractivity contribution in [3.05, 3.63) is 35.4 Å². The number of amides is 2. The van der Waals surface area contributed by atoms with E-state index in [4.69, 9.17) is 10.5 Å². The van der Waals surface area contributed by atoms with E-state index in [1.807, 2.05) is 29.2 Å². The number of nitrogens with one attached hydrogen (secondary N) is 1. The first-order valence-electron chi connectivity index (χ1n) is 10.3. The van der Waals surface area contributed by atoms with E-state index in [9.17, 15) is 9.59 Å². The number of hydrogen-bond donors (Lipinski definition) is 2. The summed E-state index contributed by atoms with van der Waals surface area (Å²) in [6.07, 6.45) is 3.15. The van der Waals surface area contributed by atoms with Crippen molar-refractivity contribution in [1.82, 2.24) is 10.2 Å². The summed E-state index contributed by atoms with van der Waals surface area (Å²) in [5.41, 5.74) is 7.34. The van der Waals surface area contributed by atoms with E-state index in [0.29, 0.717) is 44.8 Å². The Morgan fingerprint density at radius 1 is 1.18 bits per heavy atom. The molecule has 2 rings (SSSR count). The topological polar surface area (TPSA) is 84.7 Å². The van der Waals surface area contributed by atoms with Crippen molar-refractivity contribution in [3.63, 3.8) is 0 Å². The highest BCUT2D eigenvalue weighted by atomic mass is 16.5. The summed E-state index contributed by atoms with van der Waals surface area (Å²) in [6, 6.07) is 7.65. The minimum atomic E-state index is -0.139. The third-order valence-electron chi connectivity index (χ3n) is 5.13. The van der Waals surface area contributed by atoms with Gasteiger partial charge >= 0.3 is 0 Å². The van der Waals surface area contributed by atoms with Gasteiger partial charge in [0.2, 0.25) is 5.91 Å². The van der Waals surface area contributed by atoms with Crippen LogP contribution in [0.15, 0.2) is 24.3 Å². The molecule has 0 atom stereocenters. The van der Waals surface area contributed by atoms with Crippen LogP contribution in [0.1, 0.15) is 62.4 Å². The maximum absolute atomic E-state index is 12.4. The first-order chi connectivity index (χ1) is 13.3. The Kier molecular flexibility index (Phi) is 8.45. The van der Waals surface area contributed by atoms with Crippen molar-refractivity contribution in [2.75, 3.05) is 32.8 Å². The fourth-order valence-corrected chi connectivity index (χ4v) is 3.27. The van der Waals surface area contributed by atoms with Crippen LogP contribution in [-0.2, 0) is 14.9 Å². The highest BCUT2D eigenvalue weighted by Crippen LogP contribution is 2.22. The zero-order chi connectivity index (χ0) is 20.6. The number of carbonyl (C=O) groups excluding carboxylic acids is 2. The third-order valence-corrected chi connectivity index (χ3v) is 5.13. The molecule has 0 bridgehead atoms. The quantitative estimate of drug-likeness (QED) is 0.669. The molecule has 0 spiro atoms. The van der Waals surface area contributed by atoms with Gasteiger partial charge in [-0.15, -0.1) is 0 Å². The second-order valence-corrected chi connectivity index (χ2v) is 8.43. The molecule has 0 radical (unpaired) electrons. The van der Waals surface area contributed by atoms with Crippen LogP contribution < -0.4 is 11.1 Å². The highest BCUT2D eigenvalue weighted by molar-refractivity contribution is 5.94. The molecule has 0 aromatic heterocycles. The number of nitrogens with two attached hydrogens (primary N) is 1. The summed E-state index contributed by atoms with van der Waals surface area (Å²) in [6.45, 7) is 9.55. The monoisotopic (exact) mass is 389 g/mol. The minimum Gasteiger partial charge on any atom is -0.378 e. The lowest BCUT2D eigenvalue weighted by atomic mass is 9.87. The largest absolute Gasteiger partial charge is 0.378 e. The van der Waals surface area contributed by atoms with Crippen LogP contribution in [0.25, 0.3) is 0 Å². The molecule has 1 aliphatic heterocycles. The van der Waals surface area contributed by atoms with Gasteiger partial charge in [0.05, 0.1) is 6.10 Å². The minimum absolute atomic E-state index is 0.0599. The Bertz CT molecular complexity index is 629. The van der Waals surface area contributed by atoms with Crippen molar-refractivity contribution in [3.8, 4) is 0 Å². The summed E-state index contributed by atoms with van der Waals surface area (Å²) in [7, 11) is 0. The van der Waals surface area contributed by atoms with E-state index in [1.165, 1.54) is 5.56 Å². The van der Waals surface area contributed by atoms with Gasteiger partial charge in [-0.05, 0) is 48.9 Å². The number of hydrogen-bond acceptors (Lipinski definition) is 4. The summed E-state index contributed by atoms with van der Waals surface area (Å²) in [4.78, 5) is 26.5. The van der Waals surface area contributed by atoms with Crippen LogP contribution in [0.5, 0.6) is 0 Å². The number of nitrogens with zero attached hydrogens (tertiary/aromatic N) is 1.